The van der Waals surface area contributed by atoms with Gasteiger partial charge in [-0.3, -0.25) is 5.41 Å². The van der Waals surface area contributed by atoms with Crippen LogP contribution in [0.25, 0.3) is 0 Å². The molecule has 0 amide bonds. The standard InChI is InChI=1S/C21H26FN5O2/c1-5-14-10-28-9-13(4)27(14)20-8-18(25-11-26-20)21(24)15-6-19(29-12(2)3)16(22)7-17(15)23/h5-8,11-14,24H,1,9-10,23H2,2-4H3/t13-,14-/m1/s1. The first-order valence-corrected chi connectivity index (χ1v) is 9.47. The molecule has 2 heterocycles. The molecular weight excluding hydrogens is 373 g/mol. The number of nitrogens with zero attached hydrogens (tertiary/aromatic N) is 3. The highest BCUT2D eigenvalue weighted by Gasteiger charge is 2.28. The Morgan fingerprint density at radius 1 is 1.38 bits per heavy atom. The number of halogens is 1. The number of hydrogen-bond donors (Lipinski definition) is 2. The van der Waals surface area contributed by atoms with E-state index in [0.717, 1.165) is 0 Å². The maximum Gasteiger partial charge on any atom is 0.167 e. The van der Waals surface area contributed by atoms with Crippen molar-refractivity contribution in [2.75, 3.05) is 23.8 Å². The van der Waals surface area contributed by atoms with E-state index in [9.17, 15) is 4.39 Å². The predicted molar refractivity (Wildman–Crippen MR) is 111 cm³/mol. The maximum absolute atomic E-state index is 14.2. The Kier molecular flexibility index (Phi) is 6.12. The lowest BCUT2D eigenvalue weighted by Crippen LogP contribution is -2.50. The molecule has 3 N–H and O–H groups in total. The third kappa shape index (κ3) is 4.37. The first-order chi connectivity index (χ1) is 13.8. The topological polar surface area (TPSA) is 97.3 Å². The summed E-state index contributed by atoms with van der Waals surface area (Å²) in [4.78, 5) is 10.7. The van der Waals surface area contributed by atoms with E-state index in [0.29, 0.717) is 30.3 Å². The second kappa shape index (κ2) is 8.57. The van der Waals surface area contributed by atoms with Gasteiger partial charge in [-0.2, -0.15) is 0 Å². The van der Waals surface area contributed by atoms with Gasteiger partial charge in [0.25, 0.3) is 0 Å². The van der Waals surface area contributed by atoms with Gasteiger partial charge in [-0.05, 0) is 26.8 Å². The molecule has 1 aromatic carbocycles. The normalized spacial score (nSPS) is 19.3. The lowest BCUT2D eigenvalue weighted by molar-refractivity contribution is 0.0819. The molecule has 1 aromatic heterocycles. The van der Waals surface area contributed by atoms with E-state index in [-0.39, 0.29) is 35.3 Å². The Labute approximate surface area is 169 Å². The average Bonchev–Trinajstić information content (AvgIpc) is 2.69. The Bertz CT molecular complexity index is 918. The quantitative estimate of drug-likeness (QED) is 0.440. The van der Waals surface area contributed by atoms with E-state index in [1.807, 2.05) is 13.0 Å². The zero-order valence-corrected chi connectivity index (χ0v) is 16.9. The Morgan fingerprint density at radius 3 is 2.83 bits per heavy atom. The van der Waals surface area contributed by atoms with Crippen molar-refractivity contribution in [2.24, 2.45) is 0 Å². The summed E-state index contributed by atoms with van der Waals surface area (Å²) in [5.41, 5.74) is 6.93. The van der Waals surface area contributed by atoms with Crippen molar-refractivity contribution in [3.8, 4) is 5.75 Å². The van der Waals surface area contributed by atoms with Crippen molar-refractivity contribution in [3.63, 3.8) is 0 Å². The molecule has 0 bridgehead atoms. The minimum Gasteiger partial charge on any atom is -0.488 e. The average molecular weight is 399 g/mol. The highest BCUT2D eigenvalue weighted by molar-refractivity contribution is 6.13. The van der Waals surface area contributed by atoms with E-state index in [2.05, 4.69) is 21.4 Å². The molecule has 8 heteroatoms. The molecule has 2 aromatic rings. The summed E-state index contributed by atoms with van der Waals surface area (Å²) in [6.45, 7) is 10.6. The summed E-state index contributed by atoms with van der Waals surface area (Å²) in [7, 11) is 0. The molecule has 154 valence electrons. The number of ether oxygens (including phenoxy) is 2. The number of nitrogen functional groups attached to an aromatic ring is 1. The molecule has 0 saturated carbocycles. The molecule has 7 nitrogen and oxygen atoms in total. The molecule has 0 unspecified atom stereocenters. The van der Waals surface area contributed by atoms with Gasteiger partial charge in [0.1, 0.15) is 12.1 Å². The van der Waals surface area contributed by atoms with Gasteiger partial charge >= 0.3 is 0 Å². The third-order valence-electron chi connectivity index (χ3n) is 4.66. The van der Waals surface area contributed by atoms with Crippen LogP contribution in [0.1, 0.15) is 32.0 Å². The molecule has 1 saturated heterocycles. The SMILES string of the molecule is C=C[C@@H]1COC[C@@H](C)N1c1cc(C(=N)c2cc(OC(C)C)c(F)cc2N)ncn1. The summed E-state index contributed by atoms with van der Waals surface area (Å²) >= 11 is 0. The maximum atomic E-state index is 14.2. The Hall–Kier alpha value is -3.00. The number of anilines is 2. The van der Waals surface area contributed by atoms with Gasteiger partial charge in [-0.1, -0.05) is 6.08 Å². The van der Waals surface area contributed by atoms with Crippen LogP contribution in [0.4, 0.5) is 15.9 Å². The van der Waals surface area contributed by atoms with Crippen LogP contribution < -0.4 is 15.4 Å². The smallest absolute Gasteiger partial charge is 0.167 e. The third-order valence-corrected chi connectivity index (χ3v) is 4.66. The number of rotatable bonds is 6. The van der Waals surface area contributed by atoms with E-state index < -0.39 is 5.82 Å². The molecule has 0 aliphatic carbocycles. The lowest BCUT2D eigenvalue weighted by Gasteiger charge is -2.40. The first-order valence-electron chi connectivity index (χ1n) is 9.47. The zero-order valence-electron chi connectivity index (χ0n) is 16.9. The van der Waals surface area contributed by atoms with Crippen molar-refractivity contribution in [1.82, 2.24) is 9.97 Å². The van der Waals surface area contributed by atoms with Crippen LogP contribution in [0.15, 0.2) is 37.2 Å². The summed E-state index contributed by atoms with van der Waals surface area (Å²) < 4.78 is 25.2. The Balaban J connectivity index is 1.97. The van der Waals surface area contributed by atoms with Crippen LogP contribution >= 0.6 is 0 Å². The van der Waals surface area contributed by atoms with Gasteiger partial charge in [-0.15, -0.1) is 6.58 Å². The molecule has 2 atom stereocenters. The fraction of sp³-hybridized carbons (Fsp3) is 0.381. The molecule has 1 aliphatic heterocycles. The highest BCUT2D eigenvalue weighted by Crippen LogP contribution is 2.28. The van der Waals surface area contributed by atoms with Crippen LogP contribution in [-0.4, -0.2) is 47.1 Å². The first kappa shape index (κ1) is 20.7. The van der Waals surface area contributed by atoms with Gasteiger partial charge in [0.2, 0.25) is 0 Å². The number of nitrogens with one attached hydrogen (secondary N) is 1. The molecule has 3 rings (SSSR count). The Morgan fingerprint density at radius 2 is 2.14 bits per heavy atom. The summed E-state index contributed by atoms with van der Waals surface area (Å²) in [5.74, 6) is 0.156. The van der Waals surface area contributed by atoms with Gasteiger partial charge in [-0.25, -0.2) is 14.4 Å². The molecule has 1 fully saturated rings. The summed E-state index contributed by atoms with van der Waals surface area (Å²) in [6.07, 6.45) is 3.02. The minimum absolute atomic E-state index is 0.0300. The molecule has 29 heavy (non-hydrogen) atoms. The van der Waals surface area contributed by atoms with Crippen molar-refractivity contribution in [1.29, 1.82) is 5.41 Å². The number of nitrogens with two attached hydrogens (primary N) is 1. The number of morpholine rings is 1. The lowest BCUT2D eigenvalue weighted by atomic mass is 10.0. The van der Waals surface area contributed by atoms with E-state index in [1.165, 1.54) is 18.5 Å². The number of hydrogen-bond acceptors (Lipinski definition) is 7. The zero-order chi connectivity index (χ0) is 21.1. The van der Waals surface area contributed by atoms with Crippen LogP contribution in [0.5, 0.6) is 5.75 Å². The highest BCUT2D eigenvalue weighted by atomic mass is 19.1. The van der Waals surface area contributed by atoms with Crippen LogP contribution in [0.3, 0.4) is 0 Å². The van der Waals surface area contributed by atoms with Crippen LogP contribution in [-0.2, 0) is 4.74 Å². The second-order valence-corrected chi connectivity index (χ2v) is 7.27. The predicted octanol–water partition coefficient (Wildman–Crippen LogP) is 3.18. The van der Waals surface area contributed by atoms with Crippen molar-refractivity contribution < 1.29 is 13.9 Å². The summed E-state index contributed by atoms with van der Waals surface area (Å²) in [6, 6.07) is 4.40. The van der Waals surface area contributed by atoms with Gasteiger partial charge in [0.15, 0.2) is 11.6 Å². The van der Waals surface area contributed by atoms with Crippen LogP contribution in [0, 0.1) is 11.2 Å². The number of aromatic nitrogens is 2. The van der Waals surface area contributed by atoms with Crippen molar-refractivity contribution in [3.05, 3.63) is 54.3 Å². The fourth-order valence-electron chi connectivity index (χ4n) is 3.32. The van der Waals surface area contributed by atoms with Crippen molar-refractivity contribution >= 4 is 17.2 Å². The molecular formula is C21H26FN5O2. The summed E-state index contributed by atoms with van der Waals surface area (Å²) in [5, 5.41) is 8.61. The van der Waals surface area contributed by atoms with E-state index >= 15 is 0 Å². The van der Waals surface area contributed by atoms with E-state index in [1.54, 1.807) is 19.9 Å². The van der Waals surface area contributed by atoms with Crippen molar-refractivity contribution in [2.45, 2.75) is 39.0 Å². The second-order valence-electron chi connectivity index (χ2n) is 7.27. The van der Waals surface area contributed by atoms with Gasteiger partial charge in [0.05, 0.1) is 42.8 Å². The monoisotopic (exact) mass is 399 g/mol. The minimum atomic E-state index is -0.563. The molecule has 0 spiro atoms. The van der Waals surface area contributed by atoms with Gasteiger partial charge in [0, 0.05) is 23.4 Å². The number of benzene rings is 1. The van der Waals surface area contributed by atoms with Gasteiger partial charge < -0.3 is 20.1 Å². The molecule has 0 radical (unpaired) electrons. The van der Waals surface area contributed by atoms with E-state index in [4.69, 9.17) is 20.6 Å². The van der Waals surface area contributed by atoms with Crippen LogP contribution in [0.2, 0.25) is 0 Å². The largest absolute Gasteiger partial charge is 0.488 e. The fourth-order valence-corrected chi connectivity index (χ4v) is 3.32. The molecule has 1 aliphatic rings.